The lowest BCUT2D eigenvalue weighted by Gasteiger charge is -2.08. The molecule has 3 rings (SSSR count). The summed E-state index contributed by atoms with van der Waals surface area (Å²) in [6.07, 6.45) is 1.72. The van der Waals surface area contributed by atoms with E-state index < -0.39 is 10.0 Å². The van der Waals surface area contributed by atoms with Crippen molar-refractivity contribution in [2.45, 2.75) is 16.6 Å². The molecule has 0 radical (unpaired) electrons. The second kappa shape index (κ2) is 9.43. The molecule has 0 saturated heterocycles. The Morgan fingerprint density at radius 3 is 2.60 bits per heavy atom. The molecule has 0 aliphatic heterocycles. The number of sulfonamides is 1. The van der Waals surface area contributed by atoms with Crippen LogP contribution in [-0.4, -0.2) is 34.8 Å². The number of amides is 1. The SMILES string of the molecule is C=CCn1c(SCC(=O)Nc2ccc(S(N)(=O)=O)cc2)nnc1-c1cccc(Cl)c1. The minimum absolute atomic E-state index is 0.0269. The molecular weight excluding hydrogens is 446 g/mol. The molecule has 0 aliphatic carbocycles. The van der Waals surface area contributed by atoms with E-state index in [1.807, 2.05) is 16.7 Å². The van der Waals surface area contributed by atoms with Gasteiger partial charge in [-0.1, -0.05) is 41.6 Å². The van der Waals surface area contributed by atoms with E-state index in [9.17, 15) is 13.2 Å². The molecule has 0 atom stereocenters. The van der Waals surface area contributed by atoms with Crippen LogP contribution in [0.5, 0.6) is 0 Å². The molecule has 8 nitrogen and oxygen atoms in total. The zero-order valence-electron chi connectivity index (χ0n) is 15.7. The number of carbonyl (C=O) groups is 1. The first-order chi connectivity index (χ1) is 14.3. The van der Waals surface area contributed by atoms with Gasteiger partial charge in [-0.15, -0.1) is 16.8 Å². The van der Waals surface area contributed by atoms with Gasteiger partial charge in [0.2, 0.25) is 15.9 Å². The number of thioether (sulfide) groups is 1. The molecule has 30 heavy (non-hydrogen) atoms. The summed E-state index contributed by atoms with van der Waals surface area (Å²) in [5.41, 5.74) is 1.27. The van der Waals surface area contributed by atoms with Crippen molar-refractivity contribution in [2.24, 2.45) is 5.14 Å². The Hall–Kier alpha value is -2.66. The molecule has 0 bridgehead atoms. The quantitative estimate of drug-likeness (QED) is 0.391. The zero-order chi connectivity index (χ0) is 21.7. The van der Waals surface area contributed by atoms with Crippen molar-refractivity contribution < 1.29 is 13.2 Å². The Labute approximate surface area is 183 Å². The van der Waals surface area contributed by atoms with Crippen LogP contribution in [0.2, 0.25) is 5.02 Å². The molecule has 3 aromatic rings. The molecule has 1 heterocycles. The Kier molecular flexibility index (Phi) is 6.93. The summed E-state index contributed by atoms with van der Waals surface area (Å²) in [7, 11) is -3.78. The van der Waals surface area contributed by atoms with Gasteiger partial charge in [-0.25, -0.2) is 13.6 Å². The average Bonchev–Trinajstić information content (AvgIpc) is 3.09. The van der Waals surface area contributed by atoms with Crippen LogP contribution in [0.25, 0.3) is 11.4 Å². The largest absolute Gasteiger partial charge is 0.325 e. The molecule has 0 aliphatic rings. The molecular formula is C19H18ClN5O3S2. The molecule has 3 N–H and O–H groups in total. The van der Waals surface area contributed by atoms with E-state index in [1.54, 1.807) is 18.2 Å². The lowest BCUT2D eigenvalue weighted by molar-refractivity contribution is -0.113. The summed E-state index contributed by atoms with van der Waals surface area (Å²) in [5, 5.41) is 17.3. The molecule has 11 heteroatoms. The maximum absolute atomic E-state index is 12.3. The molecule has 0 fully saturated rings. The summed E-state index contributed by atoms with van der Waals surface area (Å²) < 4.78 is 24.4. The monoisotopic (exact) mass is 463 g/mol. The Bertz CT molecular complexity index is 1180. The fourth-order valence-corrected chi connectivity index (χ4v) is 4.04. The topological polar surface area (TPSA) is 120 Å². The standard InChI is InChI=1S/C19H18ClN5O3S2/c1-2-10-25-18(13-4-3-5-14(20)11-13)23-24-19(25)29-12-17(26)22-15-6-8-16(9-7-15)30(21,27)28/h2-9,11H,1,10,12H2,(H,22,26)(H2,21,27,28). The van der Waals surface area contributed by atoms with Crippen molar-refractivity contribution >= 4 is 45.0 Å². The molecule has 0 saturated carbocycles. The van der Waals surface area contributed by atoms with Crippen LogP contribution < -0.4 is 10.5 Å². The normalized spacial score (nSPS) is 11.3. The number of benzene rings is 2. The maximum Gasteiger partial charge on any atom is 0.238 e. The number of nitrogens with zero attached hydrogens (tertiary/aromatic N) is 3. The highest BCUT2D eigenvalue weighted by Gasteiger charge is 2.15. The van der Waals surface area contributed by atoms with Gasteiger partial charge in [0.1, 0.15) is 0 Å². The third kappa shape index (κ3) is 5.48. The van der Waals surface area contributed by atoms with Crippen LogP contribution in [0.15, 0.2) is 71.2 Å². The summed E-state index contributed by atoms with van der Waals surface area (Å²) in [6, 6.07) is 12.9. The predicted octanol–water partition coefficient (Wildman–Crippen LogP) is 3.16. The molecule has 1 aromatic heterocycles. The summed E-state index contributed by atoms with van der Waals surface area (Å²) in [5.74, 6) is 0.432. The number of anilines is 1. The smallest absolute Gasteiger partial charge is 0.238 e. The number of primary sulfonamides is 1. The van der Waals surface area contributed by atoms with Crippen molar-refractivity contribution in [3.8, 4) is 11.4 Å². The highest BCUT2D eigenvalue weighted by molar-refractivity contribution is 7.99. The first kappa shape index (κ1) is 22.0. The summed E-state index contributed by atoms with van der Waals surface area (Å²) >= 11 is 7.29. The highest BCUT2D eigenvalue weighted by Crippen LogP contribution is 2.26. The van der Waals surface area contributed by atoms with Gasteiger partial charge in [0.15, 0.2) is 11.0 Å². The second-order valence-electron chi connectivity index (χ2n) is 6.12. The number of halogens is 1. The second-order valence-corrected chi connectivity index (χ2v) is 9.06. The summed E-state index contributed by atoms with van der Waals surface area (Å²) in [4.78, 5) is 12.3. The Morgan fingerprint density at radius 1 is 1.23 bits per heavy atom. The third-order valence-electron chi connectivity index (χ3n) is 3.91. The molecule has 1 amide bonds. The van der Waals surface area contributed by atoms with E-state index in [2.05, 4.69) is 22.1 Å². The fraction of sp³-hybridized carbons (Fsp3) is 0.105. The van der Waals surface area contributed by atoms with E-state index in [0.717, 1.165) is 5.56 Å². The van der Waals surface area contributed by atoms with Crippen LogP contribution >= 0.6 is 23.4 Å². The Morgan fingerprint density at radius 2 is 1.97 bits per heavy atom. The first-order valence-electron chi connectivity index (χ1n) is 8.63. The summed E-state index contributed by atoms with van der Waals surface area (Å²) in [6.45, 7) is 4.23. The van der Waals surface area contributed by atoms with Crippen molar-refractivity contribution in [3.63, 3.8) is 0 Å². The molecule has 2 aromatic carbocycles. The van der Waals surface area contributed by atoms with Crippen molar-refractivity contribution in [1.82, 2.24) is 14.8 Å². The lowest BCUT2D eigenvalue weighted by atomic mass is 10.2. The van der Waals surface area contributed by atoms with E-state index in [-0.39, 0.29) is 16.6 Å². The number of hydrogen-bond acceptors (Lipinski definition) is 6. The van der Waals surface area contributed by atoms with Crippen molar-refractivity contribution in [3.05, 3.63) is 66.2 Å². The van der Waals surface area contributed by atoms with Gasteiger partial charge >= 0.3 is 0 Å². The maximum atomic E-state index is 12.3. The zero-order valence-corrected chi connectivity index (χ0v) is 18.0. The number of nitrogens with two attached hydrogens (primary N) is 1. The molecule has 0 unspecified atom stereocenters. The minimum atomic E-state index is -3.78. The average molecular weight is 464 g/mol. The van der Waals surface area contributed by atoms with Gasteiger partial charge in [0.25, 0.3) is 0 Å². The first-order valence-corrected chi connectivity index (χ1v) is 11.5. The number of nitrogens with one attached hydrogen (secondary N) is 1. The molecule has 0 spiro atoms. The number of hydrogen-bond donors (Lipinski definition) is 2. The van der Waals surface area contributed by atoms with Crippen molar-refractivity contribution in [2.75, 3.05) is 11.1 Å². The minimum Gasteiger partial charge on any atom is -0.325 e. The van der Waals surface area contributed by atoms with Gasteiger partial charge in [-0.3, -0.25) is 9.36 Å². The van der Waals surface area contributed by atoms with Crippen LogP contribution in [0.4, 0.5) is 5.69 Å². The third-order valence-corrected chi connectivity index (χ3v) is 6.04. The van der Waals surface area contributed by atoms with Gasteiger partial charge in [0.05, 0.1) is 10.6 Å². The van der Waals surface area contributed by atoms with E-state index >= 15 is 0 Å². The molecule has 156 valence electrons. The van der Waals surface area contributed by atoms with Crippen molar-refractivity contribution in [1.29, 1.82) is 0 Å². The van der Waals surface area contributed by atoms with Crippen LogP contribution in [0, 0.1) is 0 Å². The van der Waals surface area contributed by atoms with Crippen LogP contribution in [0.3, 0.4) is 0 Å². The van der Waals surface area contributed by atoms with Crippen LogP contribution in [0.1, 0.15) is 0 Å². The number of allylic oxidation sites excluding steroid dienone is 1. The van der Waals surface area contributed by atoms with Gasteiger partial charge < -0.3 is 5.32 Å². The van der Waals surface area contributed by atoms with E-state index in [4.69, 9.17) is 16.7 Å². The fourth-order valence-electron chi connectivity index (χ4n) is 2.59. The Balaban J connectivity index is 1.69. The predicted molar refractivity (Wildman–Crippen MR) is 118 cm³/mol. The van der Waals surface area contributed by atoms with Gasteiger partial charge in [0, 0.05) is 22.8 Å². The van der Waals surface area contributed by atoms with Crippen LogP contribution in [-0.2, 0) is 21.4 Å². The number of aromatic nitrogens is 3. The van der Waals surface area contributed by atoms with Gasteiger partial charge in [-0.05, 0) is 36.4 Å². The lowest BCUT2D eigenvalue weighted by Crippen LogP contribution is -2.15. The van der Waals surface area contributed by atoms with E-state index in [0.29, 0.717) is 28.2 Å². The van der Waals surface area contributed by atoms with E-state index in [1.165, 1.54) is 36.0 Å². The van der Waals surface area contributed by atoms with Gasteiger partial charge in [-0.2, -0.15) is 0 Å². The highest BCUT2D eigenvalue weighted by atomic mass is 35.5. The number of carbonyl (C=O) groups excluding carboxylic acids is 1. The number of rotatable bonds is 8.